The van der Waals surface area contributed by atoms with Crippen LogP contribution in [-0.4, -0.2) is 34.1 Å². The van der Waals surface area contributed by atoms with E-state index in [0.717, 1.165) is 16.6 Å². The van der Waals surface area contributed by atoms with Crippen LogP contribution in [0.15, 0.2) is 24.3 Å². The molecule has 0 saturated carbocycles. The second-order valence-electron chi connectivity index (χ2n) is 5.15. The number of carbonyl (C=O) groups is 1. The summed E-state index contributed by atoms with van der Waals surface area (Å²) < 4.78 is 7.10. The molecule has 5 nitrogen and oxygen atoms in total. The summed E-state index contributed by atoms with van der Waals surface area (Å²) in [5, 5.41) is 15.0. The fourth-order valence-electron chi connectivity index (χ4n) is 2.73. The van der Waals surface area contributed by atoms with E-state index >= 15 is 0 Å². The van der Waals surface area contributed by atoms with E-state index < -0.39 is 11.4 Å². The van der Waals surface area contributed by atoms with Crippen LogP contribution in [0.1, 0.15) is 12.1 Å². The smallest absolute Gasteiger partial charge is 0.312 e. The number of fused-ring (bicyclic) bond motifs is 1. The Morgan fingerprint density at radius 2 is 2.32 bits per heavy atom. The zero-order valence-electron chi connectivity index (χ0n) is 10.8. The summed E-state index contributed by atoms with van der Waals surface area (Å²) in [6.07, 6.45) is 0.969. The van der Waals surface area contributed by atoms with E-state index in [9.17, 15) is 9.90 Å². The third kappa shape index (κ3) is 1.90. The molecule has 0 radical (unpaired) electrons. The van der Waals surface area contributed by atoms with Gasteiger partial charge in [-0.15, -0.1) is 0 Å². The predicted octanol–water partition coefficient (Wildman–Crippen LogP) is 1.61. The lowest BCUT2D eigenvalue weighted by Gasteiger charge is -2.20. The monoisotopic (exact) mass is 260 g/mol. The van der Waals surface area contributed by atoms with Gasteiger partial charge < -0.3 is 9.84 Å². The maximum absolute atomic E-state index is 11.6. The van der Waals surface area contributed by atoms with Crippen molar-refractivity contribution in [2.75, 3.05) is 13.2 Å². The molecule has 1 atom stereocenters. The topological polar surface area (TPSA) is 64.4 Å². The van der Waals surface area contributed by atoms with Crippen molar-refractivity contribution in [2.45, 2.75) is 12.8 Å². The zero-order valence-corrected chi connectivity index (χ0v) is 10.8. The van der Waals surface area contributed by atoms with Crippen molar-refractivity contribution in [1.82, 2.24) is 9.78 Å². The standard InChI is InChI=1S/C14H16N2O3/c1-16-12-5-3-2-4-10(12)11(15-16)8-14(13(17)18)6-7-19-9-14/h2-5H,6-9H2,1H3,(H,17,18). The SMILES string of the molecule is Cn1nc(CC2(C(=O)O)CCOC2)c2ccccc21. The third-order valence-corrected chi connectivity index (χ3v) is 3.90. The Labute approximate surface area is 110 Å². The quantitative estimate of drug-likeness (QED) is 0.910. The van der Waals surface area contributed by atoms with E-state index in [1.165, 1.54) is 0 Å². The highest BCUT2D eigenvalue weighted by Gasteiger charge is 2.43. The van der Waals surface area contributed by atoms with Crippen LogP contribution in [0.4, 0.5) is 0 Å². The molecule has 19 heavy (non-hydrogen) atoms. The summed E-state index contributed by atoms with van der Waals surface area (Å²) in [6.45, 7) is 0.782. The van der Waals surface area contributed by atoms with Gasteiger partial charge >= 0.3 is 5.97 Å². The minimum Gasteiger partial charge on any atom is -0.481 e. The molecule has 1 fully saturated rings. The van der Waals surface area contributed by atoms with Crippen molar-refractivity contribution < 1.29 is 14.6 Å². The van der Waals surface area contributed by atoms with Crippen LogP contribution in [0.25, 0.3) is 10.9 Å². The molecule has 2 heterocycles. The van der Waals surface area contributed by atoms with Crippen LogP contribution < -0.4 is 0 Å². The number of aromatic nitrogens is 2. The second-order valence-corrected chi connectivity index (χ2v) is 5.15. The van der Waals surface area contributed by atoms with E-state index in [-0.39, 0.29) is 6.61 Å². The molecular weight excluding hydrogens is 244 g/mol. The normalized spacial score (nSPS) is 23.0. The Hall–Kier alpha value is -1.88. The fraction of sp³-hybridized carbons (Fsp3) is 0.429. The number of aliphatic carboxylic acids is 1. The van der Waals surface area contributed by atoms with Gasteiger partial charge in [0.05, 0.1) is 23.2 Å². The van der Waals surface area contributed by atoms with Gasteiger partial charge in [0.1, 0.15) is 0 Å². The molecule has 0 aliphatic carbocycles. The number of ether oxygens (including phenoxy) is 1. The largest absolute Gasteiger partial charge is 0.481 e. The highest BCUT2D eigenvalue weighted by atomic mass is 16.5. The Morgan fingerprint density at radius 3 is 3.00 bits per heavy atom. The Morgan fingerprint density at radius 1 is 1.53 bits per heavy atom. The number of carboxylic acid groups (broad SMARTS) is 1. The molecule has 3 rings (SSSR count). The third-order valence-electron chi connectivity index (χ3n) is 3.90. The average Bonchev–Trinajstić information content (AvgIpc) is 2.98. The van der Waals surface area contributed by atoms with Crippen LogP contribution in [-0.2, 0) is 23.0 Å². The molecule has 2 aromatic rings. The van der Waals surface area contributed by atoms with E-state index in [0.29, 0.717) is 19.4 Å². The van der Waals surface area contributed by atoms with Gasteiger partial charge in [-0.25, -0.2) is 0 Å². The molecule has 100 valence electrons. The number of nitrogens with zero attached hydrogens (tertiary/aromatic N) is 2. The summed E-state index contributed by atoms with van der Waals surface area (Å²) in [4.78, 5) is 11.6. The first-order valence-corrected chi connectivity index (χ1v) is 6.34. The predicted molar refractivity (Wildman–Crippen MR) is 69.9 cm³/mol. The van der Waals surface area contributed by atoms with Crippen molar-refractivity contribution in [3.05, 3.63) is 30.0 Å². The van der Waals surface area contributed by atoms with Gasteiger partial charge in [0.2, 0.25) is 0 Å². The molecule has 1 saturated heterocycles. The molecule has 5 heteroatoms. The zero-order chi connectivity index (χ0) is 13.5. The number of carboxylic acids is 1. The van der Waals surface area contributed by atoms with Gasteiger partial charge in [0.15, 0.2) is 0 Å². The maximum Gasteiger partial charge on any atom is 0.312 e. The minimum atomic E-state index is -0.822. The number of hydrogen-bond acceptors (Lipinski definition) is 3. The van der Waals surface area contributed by atoms with Gasteiger partial charge in [0, 0.05) is 25.5 Å². The molecule has 1 aliphatic heterocycles. The van der Waals surface area contributed by atoms with Crippen molar-refractivity contribution in [3.63, 3.8) is 0 Å². The van der Waals surface area contributed by atoms with Gasteiger partial charge in [-0.1, -0.05) is 18.2 Å². The van der Waals surface area contributed by atoms with Gasteiger partial charge in [-0.3, -0.25) is 9.48 Å². The summed E-state index contributed by atoms with van der Waals surface area (Å²) in [5.41, 5.74) is 1.04. The molecule has 0 amide bonds. The number of aryl methyl sites for hydroxylation is 1. The van der Waals surface area contributed by atoms with Crippen LogP contribution in [0.2, 0.25) is 0 Å². The van der Waals surface area contributed by atoms with Crippen LogP contribution in [0.3, 0.4) is 0 Å². The molecule has 1 unspecified atom stereocenters. The first kappa shape index (κ1) is 12.2. The van der Waals surface area contributed by atoms with Crippen molar-refractivity contribution in [2.24, 2.45) is 12.5 Å². The first-order valence-electron chi connectivity index (χ1n) is 6.34. The van der Waals surface area contributed by atoms with Gasteiger partial charge in [0.25, 0.3) is 0 Å². The average molecular weight is 260 g/mol. The Bertz CT molecular complexity index is 627. The summed E-state index contributed by atoms with van der Waals surface area (Å²) in [6, 6.07) is 7.89. The number of benzene rings is 1. The van der Waals surface area contributed by atoms with Crippen LogP contribution >= 0.6 is 0 Å². The second kappa shape index (κ2) is 4.35. The van der Waals surface area contributed by atoms with Crippen molar-refractivity contribution in [1.29, 1.82) is 0 Å². The van der Waals surface area contributed by atoms with E-state index in [4.69, 9.17) is 4.74 Å². The minimum absolute atomic E-state index is 0.271. The lowest BCUT2D eigenvalue weighted by Crippen LogP contribution is -2.34. The Kier molecular flexibility index (Phi) is 2.78. The molecule has 0 spiro atoms. The molecule has 0 bridgehead atoms. The summed E-state index contributed by atoms with van der Waals surface area (Å²) >= 11 is 0. The lowest BCUT2D eigenvalue weighted by atomic mass is 9.82. The number of para-hydroxylation sites is 1. The lowest BCUT2D eigenvalue weighted by molar-refractivity contribution is -0.148. The van der Waals surface area contributed by atoms with E-state index in [1.807, 2.05) is 31.3 Å². The molecule has 1 aromatic heterocycles. The van der Waals surface area contributed by atoms with E-state index in [1.54, 1.807) is 4.68 Å². The van der Waals surface area contributed by atoms with Crippen molar-refractivity contribution >= 4 is 16.9 Å². The highest BCUT2D eigenvalue weighted by Crippen LogP contribution is 2.34. The van der Waals surface area contributed by atoms with Gasteiger partial charge in [-0.2, -0.15) is 5.10 Å². The fourth-order valence-corrected chi connectivity index (χ4v) is 2.73. The molecule has 1 N–H and O–H groups in total. The summed E-state index contributed by atoms with van der Waals surface area (Å²) in [7, 11) is 1.88. The Balaban J connectivity index is 2.03. The molecule has 1 aliphatic rings. The highest BCUT2D eigenvalue weighted by molar-refractivity contribution is 5.83. The first-order chi connectivity index (χ1) is 9.12. The van der Waals surface area contributed by atoms with Crippen LogP contribution in [0, 0.1) is 5.41 Å². The van der Waals surface area contributed by atoms with Gasteiger partial charge in [-0.05, 0) is 12.5 Å². The molecule has 1 aromatic carbocycles. The maximum atomic E-state index is 11.6. The van der Waals surface area contributed by atoms with Crippen LogP contribution in [0.5, 0.6) is 0 Å². The molecular formula is C14H16N2O3. The van der Waals surface area contributed by atoms with Crippen molar-refractivity contribution in [3.8, 4) is 0 Å². The number of hydrogen-bond donors (Lipinski definition) is 1. The summed E-state index contributed by atoms with van der Waals surface area (Å²) in [5.74, 6) is -0.792. The van der Waals surface area contributed by atoms with E-state index in [2.05, 4.69) is 5.10 Å². The number of rotatable bonds is 3.